The van der Waals surface area contributed by atoms with E-state index in [-0.39, 0.29) is 33.3 Å². The number of rotatable bonds is 3. The Morgan fingerprint density at radius 1 is 1.21 bits per heavy atom. The standard InChI is InChI=1S/C18H13ClF3N3O3/c1-8-3-4-10(17(27)28)5-13(8)24-16(26)14-9(2)23-15-12(19)6-11(7-25(14)15)18(20,21)22/h3-7H,1-2H3,(H,24,26)(H,27,28). The lowest BCUT2D eigenvalue weighted by Gasteiger charge is -2.12. The lowest BCUT2D eigenvalue weighted by molar-refractivity contribution is -0.137. The highest BCUT2D eigenvalue weighted by Gasteiger charge is 2.33. The molecule has 3 rings (SSSR count). The number of alkyl halides is 3. The van der Waals surface area contributed by atoms with Gasteiger partial charge in [0.05, 0.1) is 21.8 Å². The minimum Gasteiger partial charge on any atom is -0.478 e. The van der Waals surface area contributed by atoms with Gasteiger partial charge in [0, 0.05) is 11.9 Å². The number of aromatic carboxylic acids is 1. The highest BCUT2D eigenvalue weighted by molar-refractivity contribution is 6.33. The Morgan fingerprint density at radius 3 is 2.50 bits per heavy atom. The summed E-state index contributed by atoms with van der Waals surface area (Å²) in [5.41, 5.74) is -0.225. The number of halogens is 4. The SMILES string of the molecule is Cc1ccc(C(=O)O)cc1NC(=O)c1c(C)nc2c(Cl)cc(C(F)(F)F)cn12. The fourth-order valence-corrected chi connectivity index (χ4v) is 2.97. The molecule has 1 amide bonds. The smallest absolute Gasteiger partial charge is 0.417 e. The zero-order valence-electron chi connectivity index (χ0n) is 14.6. The van der Waals surface area contributed by atoms with Gasteiger partial charge in [0.2, 0.25) is 0 Å². The first kappa shape index (κ1) is 19.7. The molecule has 2 N–H and O–H groups in total. The summed E-state index contributed by atoms with van der Waals surface area (Å²) in [4.78, 5) is 28.0. The van der Waals surface area contributed by atoms with E-state index in [1.165, 1.54) is 25.1 Å². The minimum atomic E-state index is -4.66. The maximum Gasteiger partial charge on any atom is 0.417 e. The van der Waals surface area contributed by atoms with Gasteiger partial charge in [-0.2, -0.15) is 13.2 Å². The number of carboxylic acid groups (broad SMARTS) is 1. The summed E-state index contributed by atoms with van der Waals surface area (Å²) >= 11 is 5.92. The van der Waals surface area contributed by atoms with Gasteiger partial charge in [-0.15, -0.1) is 0 Å². The number of hydrogen-bond acceptors (Lipinski definition) is 3. The Hall–Kier alpha value is -3.07. The first-order valence-corrected chi connectivity index (χ1v) is 8.27. The van der Waals surface area contributed by atoms with Crippen molar-refractivity contribution in [1.29, 1.82) is 0 Å². The van der Waals surface area contributed by atoms with E-state index in [9.17, 15) is 22.8 Å². The van der Waals surface area contributed by atoms with Gasteiger partial charge < -0.3 is 10.4 Å². The lowest BCUT2D eigenvalue weighted by Crippen LogP contribution is -2.17. The summed E-state index contributed by atoms with van der Waals surface area (Å²) in [7, 11) is 0. The monoisotopic (exact) mass is 411 g/mol. The van der Waals surface area contributed by atoms with Gasteiger partial charge in [-0.25, -0.2) is 9.78 Å². The van der Waals surface area contributed by atoms with Gasteiger partial charge in [-0.05, 0) is 37.6 Å². The molecule has 0 spiro atoms. The fraction of sp³-hybridized carbons (Fsp3) is 0.167. The van der Waals surface area contributed by atoms with E-state index in [2.05, 4.69) is 10.3 Å². The van der Waals surface area contributed by atoms with Crippen molar-refractivity contribution < 1.29 is 27.9 Å². The third-order valence-electron chi connectivity index (χ3n) is 4.12. The number of aromatic nitrogens is 2. The summed E-state index contributed by atoms with van der Waals surface area (Å²) in [6.45, 7) is 3.12. The van der Waals surface area contributed by atoms with E-state index in [0.29, 0.717) is 5.56 Å². The number of fused-ring (bicyclic) bond motifs is 1. The average Bonchev–Trinajstić information content (AvgIpc) is 2.92. The van der Waals surface area contributed by atoms with Crippen LogP contribution in [0, 0.1) is 13.8 Å². The Bertz CT molecular complexity index is 1120. The number of hydrogen-bond donors (Lipinski definition) is 2. The van der Waals surface area contributed by atoms with Gasteiger partial charge in [-0.1, -0.05) is 17.7 Å². The minimum absolute atomic E-state index is 0.00771. The van der Waals surface area contributed by atoms with Crippen LogP contribution in [-0.2, 0) is 6.18 Å². The van der Waals surface area contributed by atoms with Gasteiger partial charge >= 0.3 is 12.1 Å². The maximum absolute atomic E-state index is 13.1. The van der Waals surface area contributed by atoms with Crippen molar-refractivity contribution in [3.63, 3.8) is 0 Å². The first-order valence-electron chi connectivity index (χ1n) is 7.89. The van der Waals surface area contributed by atoms with Crippen LogP contribution in [0.1, 0.15) is 37.7 Å². The second-order valence-corrected chi connectivity index (χ2v) is 6.51. The molecule has 0 saturated carbocycles. The highest BCUT2D eigenvalue weighted by Crippen LogP contribution is 2.33. The lowest BCUT2D eigenvalue weighted by atomic mass is 10.1. The van der Waals surface area contributed by atoms with Crippen LogP contribution in [-0.4, -0.2) is 26.4 Å². The Kier molecular flexibility index (Phi) is 4.80. The van der Waals surface area contributed by atoms with Crippen molar-refractivity contribution in [1.82, 2.24) is 9.38 Å². The first-order chi connectivity index (χ1) is 13.0. The number of nitrogens with one attached hydrogen (secondary N) is 1. The molecule has 1 aromatic carbocycles. The van der Waals surface area contributed by atoms with Crippen LogP contribution in [0.3, 0.4) is 0 Å². The summed E-state index contributed by atoms with van der Waals surface area (Å²) in [6.07, 6.45) is -3.91. The normalized spacial score (nSPS) is 11.6. The van der Waals surface area contributed by atoms with E-state index in [4.69, 9.17) is 16.7 Å². The van der Waals surface area contributed by atoms with Crippen molar-refractivity contribution >= 4 is 34.8 Å². The van der Waals surface area contributed by atoms with E-state index in [1.54, 1.807) is 6.92 Å². The number of imidazole rings is 1. The maximum atomic E-state index is 13.1. The number of nitrogens with zero attached hydrogens (tertiary/aromatic N) is 2. The molecule has 3 aromatic rings. The van der Waals surface area contributed by atoms with Gasteiger partial charge in [0.15, 0.2) is 5.65 Å². The molecule has 0 saturated heterocycles. The van der Waals surface area contributed by atoms with Crippen LogP contribution < -0.4 is 5.32 Å². The molecule has 0 unspecified atom stereocenters. The number of anilines is 1. The van der Waals surface area contributed by atoms with Gasteiger partial charge in [-0.3, -0.25) is 9.20 Å². The van der Waals surface area contributed by atoms with Crippen molar-refractivity contribution in [3.8, 4) is 0 Å². The van der Waals surface area contributed by atoms with Crippen LogP contribution in [0.4, 0.5) is 18.9 Å². The number of carboxylic acids is 1. The van der Waals surface area contributed by atoms with E-state index in [1.807, 2.05) is 0 Å². The Balaban J connectivity index is 2.10. The molecule has 0 fully saturated rings. The zero-order valence-corrected chi connectivity index (χ0v) is 15.3. The molecular formula is C18H13ClF3N3O3. The Morgan fingerprint density at radius 2 is 1.89 bits per heavy atom. The molecule has 10 heteroatoms. The topological polar surface area (TPSA) is 83.7 Å². The van der Waals surface area contributed by atoms with Crippen LogP contribution in [0.2, 0.25) is 5.02 Å². The second-order valence-electron chi connectivity index (χ2n) is 6.10. The quantitative estimate of drug-likeness (QED) is 0.661. The fourth-order valence-electron chi connectivity index (χ4n) is 2.72. The van der Waals surface area contributed by atoms with Crippen LogP contribution in [0.5, 0.6) is 0 Å². The molecule has 6 nitrogen and oxygen atoms in total. The number of carbonyl (C=O) groups excluding carboxylic acids is 1. The van der Waals surface area contributed by atoms with Crippen molar-refractivity contribution in [3.05, 3.63) is 63.6 Å². The molecule has 0 radical (unpaired) electrons. The zero-order chi connectivity index (χ0) is 20.8. The molecule has 28 heavy (non-hydrogen) atoms. The molecule has 0 bridgehead atoms. The summed E-state index contributed by atoms with van der Waals surface area (Å²) in [5, 5.41) is 11.4. The molecule has 0 atom stereocenters. The van der Waals surface area contributed by atoms with Crippen molar-refractivity contribution in [2.75, 3.05) is 5.32 Å². The second kappa shape index (κ2) is 6.83. The largest absolute Gasteiger partial charge is 0.478 e. The molecule has 2 heterocycles. The molecule has 0 aliphatic rings. The number of carbonyl (C=O) groups is 2. The Labute approximate surface area is 161 Å². The van der Waals surface area contributed by atoms with Crippen molar-refractivity contribution in [2.24, 2.45) is 0 Å². The molecule has 2 aromatic heterocycles. The molecule has 146 valence electrons. The van der Waals surface area contributed by atoms with E-state index < -0.39 is 23.6 Å². The van der Waals surface area contributed by atoms with Crippen LogP contribution in [0.25, 0.3) is 5.65 Å². The third-order valence-corrected chi connectivity index (χ3v) is 4.40. The average molecular weight is 412 g/mol. The van der Waals surface area contributed by atoms with Crippen LogP contribution in [0.15, 0.2) is 30.5 Å². The predicted molar refractivity (Wildman–Crippen MR) is 96.0 cm³/mol. The summed E-state index contributed by atoms with van der Waals surface area (Å²) < 4.78 is 40.3. The van der Waals surface area contributed by atoms with Gasteiger partial charge in [0.25, 0.3) is 5.91 Å². The van der Waals surface area contributed by atoms with E-state index in [0.717, 1.165) is 16.7 Å². The predicted octanol–water partition coefficient (Wildman–Crippen LogP) is 4.57. The highest BCUT2D eigenvalue weighted by atomic mass is 35.5. The van der Waals surface area contributed by atoms with Gasteiger partial charge in [0.1, 0.15) is 5.69 Å². The molecule has 0 aliphatic heterocycles. The third kappa shape index (κ3) is 3.53. The number of aryl methyl sites for hydroxylation is 2. The number of pyridine rings is 1. The van der Waals surface area contributed by atoms with Crippen LogP contribution >= 0.6 is 11.6 Å². The molecular weight excluding hydrogens is 399 g/mol. The molecule has 0 aliphatic carbocycles. The number of benzene rings is 1. The van der Waals surface area contributed by atoms with Crippen molar-refractivity contribution in [2.45, 2.75) is 20.0 Å². The summed E-state index contributed by atoms with van der Waals surface area (Å²) in [5.74, 6) is -1.92. The van der Waals surface area contributed by atoms with E-state index >= 15 is 0 Å². The number of amides is 1. The summed E-state index contributed by atoms with van der Waals surface area (Å²) in [6, 6.07) is 4.90.